The average Bonchev–Trinajstić information content (AvgIpc) is 2.41. The largest absolute Gasteiger partial charge is 0.459 e. The highest BCUT2D eigenvalue weighted by atomic mass is 35.5. The fourth-order valence-electron chi connectivity index (χ4n) is 1.46. The number of ether oxygens (including phenoxy) is 1. The Morgan fingerprint density at radius 2 is 2.36 bits per heavy atom. The van der Waals surface area contributed by atoms with Gasteiger partial charge in [-0.1, -0.05) is 35.4 Å². The summed E-state index contributed by atoms with van der Waals surface area (Å²) in [6.07, 6.45) is 4.38. The average molecular weight is 193 g/mol. The minimum atomic E-state index is -1.35. The van der Waals surface area contributed by atoms with E-state index in [1.54, 1.807) is 0 Å². The van der Waals surface area contributed by atoms with Crippen molar-refractivity contribution in [3.05, 3.63) is 12.2 Å². The monoisotopic (exact) mass is 192 g/mol. The number of esters is 1. The lowest BCUT2D eigenvalue weighted by atomic mass is 10.1. The number of rotatable bonds is 0. The number of carbonyl (C=O) groups is 1. The van der Waals surface area contributed by atoms with E-state index in [0.717, 1.165) is 6.42 Å². The van der Waals surface area contributed by atoms with Crippen LogP contribution in [0.4, 0.5) is 0 Å². The Bertz CT molecular complexity index is 235. The van der Waals surface area contributed by atoms with Gasteiger partial charge >= 0.3 is 5.97 Å². The lowest BCUT2D eigenvalue weighted by Crippen LogP contribution is -2.27. The third-order valence-corrected chi connectivity index (χ3v) is 2.87. The quantitative estimate of drug-likeness (QED) is 0.332. The van der Waals surface area contributed by atoms with Gasteiger partial charge in [-0.05, 0) is 0 Å². The summed E-state index contributed by atoms with van der Waals surface area (Å²) in [5, 5.41) is 0. The van der Waals surface area contributed by atoms with Crippen molar-refractivity contribution in [2.24, 2.45) is 5.92 Å². The molecule has 4 heteroatoms. The molecule has 0 N–H and O–H groups in total. The first-order chi connectivity index (χ1) is 5.12. The van der Waals surface area contributed by atoms with Crippen molar-refractivity contribution in [2.75, 3.05) is 0 Å². The molecule has 1 fully saturated rings. The van der Waals surface area contributed by atoms with Crippen LogP contribution in [0.2, 0.25) is 0 Å². The summed E-state index contributed by atoms with van der Waals surface area (Å²) in [6, 6.07) is 0. The molecule has 2 aliphatic rings. The van der Waals surface area contributed by atoms with Crippen molar-refractivity contribution < 1.29 is 9.53 Å². The van der Waals surface area contributed by atoms with Crippen molar-refractivity contribution >= 4 is 29.2 Å². The van der Waals surface area contributed by atoms with Crippen molar-refractivity contribution in [1.29, 1.82) is 0 Å². The number of alkyl halides is 2. The number of halogens is 2. The molecule has 0 spiro atoms. The number of fused-ring (bicyclic) bond motifs is 1. The molecule has 0 unspecified atom stereocenters. The van der Waals surface area contributed by atoms with E-state index in [-0.39, 0.29) is 12.0 Å². The first kappa shape index (κ1) is 7.44. The van der Waals surface area contributed by atoms with Crippen LogP contribution in [0.25, 0.3) is 0 Å². The van der Waals surface area contributed by atoms with Gasteiger partial charge in [-0.25, -0.2) is 4.79 Å². The van der Waals surface area contributed by atoms with Crippen LogP contribution in [-0.4, -0.2) is 16.4 Å². The SMILES string of the molecule is O=C1O[C@@H]2CC=C[C@@H]2C1(Cl)Cl. The number of hydrogen-bond donors (Lipinski definition) is 0. The Labute approximate surface area is 74.1 Å². The summed E-state index contributed by atoms with van der Waals surface area (Å²) in [7, 11) is 0. The molecule has 0 saturated carbocycles. The molecule has 0 aromatic carbocycles. The topological polar surface area (TPSA) is 26.3 Å². The van der Waals surface area contributed by atoms with E-state index < -0.39 is 10.3 Å². The van der Waals surface area contributed by atoms with Gasteiger partial charge < -0.3 is 4.74 Å². The maximum absolute atomic E-state index is 11.0. The summed E-state index contributed by atoms with van der Waals surface area (Å²) >= 11 is 11.5. The van der Waals surface area contributed by atoms with Crippen LogP contribution < -0.4 is 0 Å². The molecular weight excluding hydrogens is 187 g/mol. The van der Waals surface area contributed by atoms with E-state index in [0.29, 0.717) is 0 Å². The predicted octanol–water partition coefficient (Wildman–Crippen LogP) is 1.66. The Kier molecular flexibility index (Phi) is 1.45. The first-order valence-corrected chi connectivity index (χ1v) is 4.13. The summed E-state index contributed by atoms with van der Waals surface area (Å²) in [5.74, 6) is -0.668. The third-order valence-electron chi connectivity index (χ3n) is 2.06. The van der Waals surface area contributed by atoms with Crippen LogP contribution in [0.5, 0.6) is 0 Å². The molecule has 0 amide bonds. The molecule has 1 heterocycles. The lowest BCUT2D eigenvalue weighted by Gasteiger charge is -2.12. The highest BCUT2D eigenvalue weighted by Gasteiger charge is 2.55. The van der Waals surface area contributed by atoms with Crippen molar-refractivity contribution in [2.45, 2.75) is 16.9 Å². The van der Waals surface area contributed by atoms with Crippen molar-refractivity contribution in [3.8, 4) is 0 Å². The van der Waals surface area contributed by atoms with E-state index >= 15 is 0 Å². The maximum Gasteiger partial charge on any atom is 0.343 e. The normalized spacial score (nSPS) is 38.9. The van der Waals surface area contributed by atoms with Crippen molar-refractivity contribution in [1.82, 2.24) is 0 Å². The summed E-state index contributed by atoms with van der Waals surface area (Å²) in [5.41, 5.74) is 0. The van der Waals surface area contributed by atoms with Crippen LogP contribution in [-0.2, 0) is 9.53 Å². The summed E-state index contributed by atoms with van der Waals surface area (Å²) < 4.78 is 3.59. The standard InChI is InChI=1S/C7H6Cl2O2/c8-7(9)4-2-1-3-5(4)11-6(7)10/h1-2,4-5H,3H2/t4-,5+/m0/s1. The van der Waals surface area contributed by atoms with Crippen LogP contribution in [0.1, 0.15) is 6.42 Å². The van der Waals surface area contributed by atoms with E-state index in [1.165, 1.54) is 0 Å². The molecule has 2 nitrogen and oxygen atoms in total. The van der Waals surface area contributed by atoms with Crippen LogP contribution in [0.3, 0.4) is 0 Å². The highest BCUT2D eigenvalue weighted by Crippen LogP contribution is 2.45. The van der Waals surface area contributed by atoms with Crippen LogP contribution in [0, 0.1) is 5.92 Å². The molecule has 1 aliphatic carbocycles. The van der Waals surface area contributed by atoms with Gasteiger partial charge in [0.25, 0.3) is 0 Å². The smallest absolute Gasteiger partial charge is 0.343 e. The number of hydrogen-bond acceptors (Lipinski definition) is 2. The third kappa shape index (κ3) is 0.893. The second-order valence-corrected chi connectivity index (χ2v) is 4.14. The van der Waals surface area contributed by atoms with Gasteiger partial charge in [-0.2, -0.15) is 0 Å². The van der Waals surface area contributed by atoms with Gasteiger partial charge in [-0.3, -0.25) is 0 Å². The Balaban J connectivity index is 2.34. The highest BCUT2D eigenvalue weighted by molar-refractivity contribution is 6.58. The molecule has 11 heavy (non-hydrogen) atoms. The molecule has 1 saturated heterocycles. The van der Waals surface area contributed by atoms with E-state index in [9.17, 15) is 4.79 Å². The van der Waals surface area contributed by atoms with E-state index in [2.05, 4.69) is 0 Å². The van der Waals surface area contributed by atoms with Gasteiger partial charge in [0.15, 0.2) is 0 Å². The molecule has 2 rings (SSSR count). The Morgan fingerprint density at radius 1 is 1.64 bits per heavy atom. The molecule has 2 atom stereocenters. The summed E-state index contributed by atoms with van der Waals surface area (Å²) in [4.78, 5) is 11.0. The second kappa shape index (κ2) is 2.14. The molecule has 0 aromatic rings. The fourth-order valence-corrected chi connectivity index (χ4v) is 1.97. The minimum Gasteiger partial charge on any atom is -0.459 e. The van der Waals surface area contributed by atoms with E-state index in [1.807, 2.05) is 12.2 Å². The minimum absolute atomic E-state index is 0.127. The summed E-state index contributed by atoms with van der Waals surface area (Å²) in [6.45, 7) is 0. The Hall–Kier alpha value is -0.210. The zero-order chi connectivity index (χ0) is 8.06. The second-order valence-electron chi connectivity index (χ2n) is 2.76. The van der Waals surface area contributed by atoms with Gasteiger partial charge in [-0.15, -0.1) is 0 Å². The molecule has 0 bridgehead atoms. The van der Waals surface area contributed by atoms with Gasteiger partial charge in [0.05, 0.1) is 5.92 Å². The molecule has 60 valence electrons. The maximum atomic E-state index is 11.0. The van der Waals surface area contributed by atoms with E-state index in [4.69, 9.17) is 27.9 Å². The first-order valence-electron chi connectivity index (χ1n) is 3.38. The van der Waals surface area contributed by atoms with Crippen LogP contribution in [0.15, 0.2) is 12.2 Å². The zero-order valence-electron chi connectivity index (χ0n) is 5.59. The molecule has 0 radical (unpaired) electrons. The van der Waals surface area contributed by atoms with Gasteiger partial charge in [0, 0.05) is 6.42 Å². The van der Waals surface area contributed by atoms with Gasteiger partial charge in [0.2, 0.25) is 4.33 Å². The van der Waals surface area contributed by atoms with Crippen molar-refractivity contribution in [3.63, 3.8) is 0 Å². The van der Waals surface area contributed by atoms with Gasteiger partial charge in [0.1, 0.15) is 6.10 Å². The lowest BCUT2D eigenvalue weighted by molar-refractivity contribution is -0.141. The Morgan fingerprint density at radius 3 is 3.00 bits per heavy atom. The van der Waals surface area contributed by atoms with Crippen LogP contribution >= 0.6 is 23.2 Å². The zero-order valence-corrected chi connectivity index (χ0v) is 7.10. The molecule has 1 aliphatic heterocycles. The predicted molar refractivity (Wildman–Crippen MR) is 41.6 cm³/mol. The fraction of sp³-hybridized carbons (Fsp3) is 0.571. The number of carbonyl (C=O) groups excluding carboxylic acids is 1. The molecular formula is C7H6Cl2O2. The molecule has 0 aromatic heterocycles.